The Hall–Kier alpha value is -2.02. The van der Waals surface area contributed by atoms with Crippen LogP contribution in [0.2, 0.25) is 0 Å². The van der Waals surface area contributed by atoms with Crippen molar-refractivity contribution in [2.75, 3.05) is 27.3 Å². The quantitative estimate of drug-likeness (QED) is 0.825. The van der Waals surface area contributed by atoms with Gasteiger partial charge >= 0.3 is 0 Å². The first-order valence-electron chi connectivity index (χ1n) is 8.49. The van der Waals surface area contributed by atoms with Gasteiger partial charge in [-0.05, 0) is 24.1 Å². The predicted molar refractivity (Wildman–Crippen MR) is 94.2 cm³/mol. The molecule has 2 heterocycles. The number of aliphatic hydroxyl groups excluding tert-OH is 1. The van der Waals surface area contributed by atoms with Gasteiger partial charge in [-0.25, -0.2) is 0 Å². The molecule has 134 valence electrons. The summed E-state index contributed by atoms with van der Waals surface area (Å²) in [6.07, 6.45) is 5.56. The average Bonchev–Trinajstić information content (AvgIpc) is 2.95. The van der Waals surface area contributed by atoms with E-state index >= 15 is 0 Å². The normalized spacial score (nSPS) is 20.8. The molecule has 1 fully saturated rings. The molecule has 25 heavy (non-hydrogen) atoms. The van der Waals surface area contributed by atoms with Crippen molar-refractivity contribution in [1.82, 2.24) is 14.9 Å². The molecular weight excluding hydrogens is 318 g/mol. The Morgan fingerprint density at radius 2 is 2.12 bits per heavy atom. The van der Waals surface area contributed by atoms with E-state index in [-0.39, 0.29) is 12.0 Å². The molecule has 0 radical (unpaired) electrons. The second-order valence-electron chi connectivity index (χ2n) is 6.50. The number of benzene rings is 1. The van der Waals surface area contributed by atoms with Crippen molar-refractivity contribution in [2.24, 2.45) is 5.92 Å². The number of hydrogen-bond acceptors (Lipinski definition) is 6. The standard InChI is InChI=1S/C19H25N3O3/c1-24-13-16-7-14(3-4-19(16)25-2)10-22-11-15(18(23)12-22)8-17-9-20-5-6-21-17/h3-7,9,15,18,23H,8,10-13H2,1-2H3/t15-,18-/m1/s1. The third kappa shape index (κ3) is 4.54. The summed E-state index contributed by atoms with van der Waals surface area (Å²) < 4.78 is 10.6. The number of ether oxygens (including phenoxy) is 2. The average molecular weight is 343 g/mol. The van der Waals surface area contributed by atoms with Crippen molar-refractivity contribution < 1.29 is 14.6 Å². The van der Waals surface area contributed by atoms with Gasteiger partial charge in [0.15, 0.2) is 0 Å². The van der Waals surface area contributed by atoms with E-state index in [9.17, 15) is 5.11 Å². The van der Waals surface area contributed by atoms with Crippen LogP contribution in [-0.4, -0.2) is 53.4 Å². The second kappa shape index (κ2) is 8.38. The molecule has 1 aliphatic rings. The molecule has 0 saturated carbocycles. The Kier molecular flexibility index (Phi) is 5.96. The summed E-state index contributed by atoms with van der Waals surface area (Å²) in [5.74, 6) is 1.03. The van der Waals surface area contributed by atoms with Gasteiger partial charge in [0.25, 0.3) is 0 Å². The maximum absolute atomic E-state index is 10.4. The highest BCUT2D eigenvalue weighted by Gasteiger charge is 2.31. The summed E-state index contributed by atoms with van der Waals surface area (Å²) >= 11 is 0. The highest BCUT2D eigenvalue weighted by Crippen LogP contribution is 2.25. The minimum atomic E-state index is -0.335. The summed E-state index contributed by atoms with van der Waals surface area (Å²) in [4.78, 5) is 10.7. The number of hydrogen-bond donors (Lipinski definition) is 1. The summed E-state index contributed by atoms with van der Waals surface area (Å²) in [7, 11) is 3.35. The van der Waals surface area contributed by atoms with Gasteiger partial charge < -0.3 is 14.6 Å². The SMILES string of the molecule is COCc1cc(CN2C[C@@H](Cc3cnccn3)[C@H](O)C2)ccc1OC. The Morgan fingerprint density at radius 1 is 1.24 bits per heavy atom. The first-order valence-corrected chi connectivity index (χ1v) is 8.49. The second-order valence-corrected chi connectivity index (χ2v) is 6.50. The third-order valence-electron chi connectivity index (χ3n) is 4.62. The van der Waals surface area contributed by atoms with Gasteiger partial charge in [0.1, 0.15) is 5.75 Å². The molecule has 0 spiro atoms. The van der Waals surface area contributed by atoms with Gasteiger partial charge in [-0.1, -0.05) is 6.07 Å². The molecule has 1 saturated heterocycles. The van der Waals surface area contributed by atoms with E-state index in [2.05, 4.69) is 27.0 Å². The van der Waals surface area contributed by atoms with E-state index in [0.29, 0.717) is 13.2 Å². The molecule has 6 nitrogen and oxygen atoms in total. The number of β-amino-alcohol motifs (C(OH)–C–C–N with tert-alkyl or cyclic N) is 1. The fourth-order valence-electron chi connectivity index (χ4n) is 3.43. The van der Waals surface area contributed by atoms with Crippen molar-refractivity contribution in [3.63, 3.8) is 0 Å². The number of aliphatic hydroxyl groups is 1. The highest BCUT2D eigenvalue weighted by molar-refractivity contribution is 5.37. The van der Waals surface area contributed by atoms with Crippen LogP contribution in [0.25, 0.3) is 0 Å². The topological polar surface area (TPSA) is 67.7 Å². The summed E-state index contributed by atoms with van der Waals surface area (Å²) in [5, 5.41) is 10.4. The van der Waals surface area contributed by atoms with E-state index in [0.717, 1.165) is 36.5 Å². The Morgan fingerprint density at radius 3 is 2.84 bits per heavy atom. The van der Waals surface area contributed by atoms with Gasteiger partial charge in [0, 0.05) is 56.8 Å². The number of rotatable bonds is 7. The molecule has 2 atom stereocenters. The Labute approximate surface area is 148 Å². The van der Waals surface area contributed by atoms with Crippen molar-refractivity contribution in [3.8, 4) is 5.75 Å². The zero-order chi connectivity index (χ0) is 17.6. The van der Waals surface area contributed by atoms with Gasteiger partial charge in [-0.3, -0.25) is 14.9 Å². The van der Waals surface area contributed by atoms with Crippen molar-refractivity contribution in [1.29, 1.82) is 0 Å². The Balaban J connectivity index is 1.63. The maximum atomic E-state index is 10.4. The fraction of sp³-hybridized carbons (Fsp3) is 0.474. The van der Waals surface area contributed by atoms with Crippen molar-refractivity contribution in [3.05, 3.63) is 53.6 Å². The van der Waals surface area contributed by atoms with Crippen LogP contribution in [0.15, 0.2) is 36.8 Å². The molecule has 0 amide bonds. The molecule has 0 aliphatic carbocycles. The Bertz CT molecular complexity index is 681. The van der Waals surface area contributed by atoms with Crippen molar-refractivity contribution >= 4 is 0 Å². The zero-order valence-corrected chi connectivity index (χ0v) is 14.8. The largest absolute Gasteiger partial charge is 0.496 e. The minimum absolute atomic E-state index is 0.188. The lowest BCUT2D eigenvalue weighted by Crippen LogP contribution is -2.21. The number of likely N-dealkylation sites (tertiary alicyclic amines) is 1. The zero-order valence-electron chi connectivity index (χ0n) is 14.8. The van der Waals surface area contributed by atoms with Crippen LogP contribution in [0.4, 0.5) is 0 Å². The van der Waals surface area contributed by atoms with E-state index in [1.807, 2.05) is 6.07 Å². The monoisotopic (exact) mass is 343 g/mol. The lowest BCUT2D eigenvalue weighted by atomic mass is 10.0. The lowest BCUT2D eigenvalue weighted by Gasteiger charge is -2.17. The number of aromatic nitrogens is 2. The first kappa shape index (κ1) is 17.8. The smallest absolute Gasteiger partial charge is 0.124 e. The molecule has 6 heteroatoms. The summed E-state index contributed by atoms with van der Waals surface area (Å²) in [6.45, 7) is 2.85. The van der Waals surface area contributed by atoms with Crippen LogP contribution in [-0.2, 0) is 24.3 Å². The summed E-state index contributed by atoms with van der Waals surface area (Å²) in [6, 6.07) is 6.16. The molecule has 2 aromatic rings. The summed E-state index contributed by atoms with van der Waals surface area (Å²) in [5.41, 5.74) is 3.17. The molecule has 1 aromatic carbocycles. The van der Waals surface area contributed by atoms with E-state index in [1.54, 1.807) is 32.8 Å². The van der Waals surface area contributed by atoms with Gasteiger partial charge in [-0.2, -0.15) is 0 Å². The van der Waals surface area contributed by atoms with Crippen LogP contribution >= 0.6 is 0 Å². The van der Waals surface area contributed by atoms with Crippen LogP contribution in [0.5, 0.6) is 5.75 Å². The van der Waals surface area contributed by atoms with Gasteiger partial charge in [-0.15, -0.1) is 0 Å². The molecule has 1 aliphatic heterocycles. The van der Waals surface area contributed by atoms with E-state index in [1.165, 1.54) is 5.56 Å². The molecule has 0 unspecified atom stereocenters. The van der Waals surface area contributed by atoms with Crippen LogP contribution in [0.1, 0.15) is 16.8 Å². The van der Waals surface area contributed by atoms with E-state index in [4.69, 9.17) is 9.47 Å². The molecule has 1 N–H and O–H groups in total. The lowest BCUT2D eigenvalue weighted by molar-refractivity contribution is 0.140. The molecule has 3 rings (SSSR count). The van der Waals surface area contributed by atoms with E-state index < -0.39 is 0 Å². The van der Waals surface area contributed by atoms with Crippen LogP contribution in [0, 0.1) is 5.92 Å². The van der Waals surface area contributed by atoms with Crippen molar-refractivity contribution in [2.45, 2.75) is 25.7 Å². The highest BCUT2D eigenvalue weighted by atomic mass is 16.5. The van der Waals surface area contributed by atoms with Crippen LogP contribution in [0.3, 0.4) is 0 Å². The number of methoxy groups -OCH3 is 2. The van der Waals surface area contributed by atoms with Gasteiger partial charge in [0.2, 0.25) is 0 Å². The third-order valence-corrected chi connectivity index (χ3v) is 4.62. The minimum Gasteiger partial charge on any atom is -0.496 e. The molecule has 0 bridgehead atoms. The molecule has 1 aromatic heterocycles. The first-order chi connectivity index (χ1) is 12.2. The predicted octanol–water partition coefficient (Wildman–Crippen LogP) is 1.67. The number of nitrogens with zero attached hydrogens (tertiary/aromatic N) is 3. The van der Waals surface area contributed by atoms with Crippen LogP contribution < -0.4 is 4.74 Å². The van der Waals surface area contributed by atoms with Gasteiger partial charge in [0.05, 0.1) is 25.5 Å². The molecular formula is C19H25N3O3. The fourth-order valence-corrected chi connectivity index (χ4v) is 3.43. The maximum Gasteiger partial charge on any atom is 0.124 e.